The molecule has 30 heavy (non-hydrogen) atoms. The van der Waals surface area contributed by atoms with E-state index in [1.807, 2.05) is 0 Å². The summed E-state index contributed by atoms with van der Waals surface area (Å²) in [5.41, 5.74) is 1.01. The average molecular weight is 440 g/mol. The molecule has 1 saturated carbocycles. The van der Waals surface area contributed by atoms with Gasteiger partial charge in [0.1, 0.15) is 6.61 Å². The maximum atomic E-state index is 12.1. The van der Waals surface area contributed by atoms with Crippen molar-refractivity contribution in [3.8, 4) is 0 Å². The van der Waals surface area contributed by atoms with Gasteiger partial charge in [0.05, 0.1) is 12.1 Å². The van der Waals surface area contributed by atoms with Gasteiger partial charge in [0.2, 0.25) is 11.8 Å². The third kappa shape index (κ3) is 8.71. The Balaban J connectivity index is 0.00000450. The molecule has 2 amide bonds. The smallest absolute Gasteiger partial charge is 0.338 e. The van der Waals surface area contributed by atoms with Gasteiger partial charge in [-0.25, -0.2) is 4.79 Å². The highest BCUT2D eigenvalue weighted by Gasteiger charge is 2.21. The van der Waals surface area contributed by atoms with Crippen molar-refractivity contribution in [3.63, 3.8) is 0 Å². The highest BCUT2D eigenvalue weighted by atomic mass is 35.5. The molecule has 7 nitrogen and oxygen atoms in total. The summed E-state index contributed by atoms with van der Waals surface area (Å²) >= 11 is 0. The molecule has 0 heterocycles. The van der Waals surface area contributed by atoms with Crippen molar-refractivity contribution in [2.75, 3.05) is 38.1 Å². The van der Waals surface area contributed by atoms with Crippen molar-refractivity contribution in [1.82, 2.24) is 10.2 Å². The highest BCUT2D eigenvalue weighted by Crippen LogP contribution is 2.23. The Kier molecular flexibility index (Phi) is 12.1. The number of esters is 1. The normalized spacial score (nSPS) is 14.0. The summed E-state index contributed by atoms with van der Waals surface area (Å²) in [6, 6.07) is 6.55. The predicted octanol–water partition coefficient (Wildman–Crippen LogP) is 3.24. The van der Waals surface area contributed by atoms with Crippen molar-refractivity contribution in [1.29, 1.82) is 0 Å². The number of hydrogen-bond acceptors (Lipinski definition) is 5. The number of hydrogen-bond donors (Lipinski definition) is 2. The number of halogens is 1. The summed E-state index contributed by atoms with van der Waals surface area (Å²) in [6.45, 7) is 6.98. The molecule has 0 atom stereocenters. The summed E-state index contributed by atoms with van der Waals surface area (Å²) < 4.78 is 5.29. The minimum absolute atomic E-state index is 0. The molecule has 0 aromatic heterocycles. The van der Waals surface area contributed by atoms with Crippen LogP contribution in [0.15, 0.2) is 24.3 Å². The molecule has 0 unspecified atom stereocenters. The van der Waals surface area contributed by atoms with Crippen LogP contribution in [0.25, 0.3) is 0 Å². The van der Waals surface area contributed by atoms with E-state index in [9.17, 15) is 14.4 Å². The van der Waals surface area contributed by atoms with Crippen LogP contribution in [0, 0.1) is 5.92 Å². The van der Waals surface area contributed by atoms with Gasteiger partial charge < -0.3 is 20.3 Å². The lowest BCUT2D eigenvalue weighted by molar-refractivity contribution is -0.128. The van der Waals surface area contributed by atoms with Gasteiger partial charge >= 0.3 is 5.97 Å². The first-order valence-corrected chi connectivity index (χ1v) is 10.6. The fourth-order valence-electron chi connectivity index (χ4n) is 3.46. The van der Waals surface area contributed by atoms with Crippen LogP contribution in [-0.4, -0.2) is 55.5 Å². The molecule has 1 fully saturated rings. The van der Waals surface area contributed by atoms with Crippen molar-refractivity contribution in [2.45, 2.75) is 46.0 Å². The molecular formula is C22H34ClN3O4. The van der Waals surface area contributed by atoms with E-state index in [-0.39, 0.29) is 42.7 Å². The molecule has 8 heteroatoms. The van der Waals surface area contributed by atoms with Crippen LogP contribution >= 0.6 is 12.4 Å². The summed E-state index contributed by atoms with van der Waals surface area (Å²) in [7, 11) is 0. The second-order valence-corrected chi connectivity index (χ2v) is 7.34. The van der Waals surface area contributed by atoms with Crippen LogP contribution in [0.4, 0.5) is 5.69 Å². The van der Waals surface area contributed by atoms with Crippen molar-refractivity contribution in [2.24, 2.45) is 5.92 Å². The number of carbonyl (C=O) groups excluding carboxylic acids is 3. The second-order valence-electron chi connectivity index (χ2n) is 7.34. The maximum Gasteiger partial charge on any atom is 0.338 e. The van der Waals surface area contributed by atoms with Crippen molar-refractivity contribution < 1.29 is 19.1 Å². The first-order valence-electron chi connectivity index (χ1n) is 10.6. The Bertz CT molecular complexity index is 671. The van der Waals surface area contributed by atoms with Gasteiger partial charge in [-0.1, -0.05) is 33.1 Å². The van der Waals surface area contributed by atoms with Crippen LogP contribution < -0.4 is 10.6 Å². The largest absolute Gasteiger partial charge is 0.461 e. The Morgan fingerprint density at radius 3 is 2.27 bits per heavy atom. The fourth-order valence-corrected chi connectivity index (χ4v) is 3.46. The van der Waals surface area contributed by atoms with E-state index in [2.05, 4.69) is 29.4 Å². The molecule has 0 aliphatic heterocycles. The Hall–Kier alpha value is -2.12. The average Bonchev–Trinajstić information content (AvgIpc) is 2.76. The first-order chi connectivity index (χ1) is 14.0. The van der Waals surface area contributed by atoms with Gasteiger partial charge in [0, 0.05) is 18.2 Å². The molecule has 0 spiro atoms. The van der Waals surface area contributed by atoms with E-state index in [0.29, 0.717) is 24.4 Å². The number of nitrogens with zero attached hydrogens (tertiary/aromatic N) is 1. The van der Waals surface area contributed by atoms with Crippen molar-refractivity contribution >= 4 is 35.9 Å². The van der Waals surface area contributed by atoms with Gasteiger partial charge in [0.15, 0.2) is 0 Å². The Labute approximate surface area is 185 Å². The SMILES string of the molecule is CCN(CC)CCOC(=O)c1ccc(NC(=O)CNC(=O)C2CCCCC2)cc1.Cl. The number of likely N-dealkylation sites (N-methyl/N-ethyl adjacent to an activating group) is 1. The molecule has 168 valence electrons. The van der Waals surface area contributed by atoms with Crippen LogP contribution in [-0.2, 0) is 14.3 Å². The van der Waals surface area contributed by atoms with E-state index in [0.717, 1.165) is 38.8 Å². The molecule has 0 saturated heterocycles. The van der Waals surface area contributed by atoms with Crippen LogP contribution in [0.5, 0.6) is 0 Å². The predicted molar refractivity (Wildman–Crippen MR) is 120 cm³/mol. The van der Waals surface area contributed by atoms with E-state index in [1.54, 1.807) is 24.3 Å². The summed E-state index contributed by atoms with van der Waals surface area (Å²) in [5.74, 6) is -0.676. The van der Waals surface area contributed by atoms with Crippen LogP contribution in [0.3, 0.4) is 0 Å². The molecule has 0 radical (unpaired) electrons. The number of ether oxygens (including phenoxy) is 1. The number of carbonyl (C=O) groups is 3. The van der Waals surface area contributed by atoms with Gasteiger partial charge in [-0.2, -0.15) is 0 Å². The van der Waals surface area contributed by atoms with Gasteiger partial charge in [-0.05, 0) is 50.2 Å². The van der Waals surface area contributed by atoms with Gasteiger partial charge in [-0.15, -0.1) is 12.4 Å². The molecule has 1 aromatic rings. The molecule has 0 bridgehead atoms. The van der Waals surface area contributed by atoms with Gasteiger partial charge in [0.25, 0.3) is 0 Å². The molecule has 2 rings (SSSR count). The topological polar surface area (TPSA) is 87.7 Å². The van der Waals surface area contributed by atoms with Gasteiger partial charge in [-0.3, -0.25) is 9.59 Å². The summed E-state index contributed by atoms with van der Waals surface area (Å²) in [4.78, 5) is 38.4. The number of amides is 2. The minimum Gasteiger partial charge on any atom is -0.461 e. The zero-order chi connectivity index (χ0) is 21.1. The van der Waals surface area contributed by atoms with Crippen LogP contribution in [0.1, 0.15) is 56.3 Å². The third-order valence-corrected chi connectivity index (χ3v) is 5.34. The molecule has 2 N–H and O–H groups in total. The van der Waals surface area contributed by atoms with E-state index < -0.39 is 0 Å². The maximum absolute atomic E-state index is 12.1. The lowest BCUT2D eigenvalue weighted by Crippen LogP contribution is -2.37. The zero-order valence-electron chi connectivity index (χ0n) is 17.9. The molecular weight excluding hydrogens is 406 g/mol. The monoisotopic (exact) mass is 439 g/mol. The zero-order valence-corrected chi connectivity index (χ0v) is 18.8. The standard InChI is InChI=1S/C22H33N3O4.ClH/c1-3-25(4-2)14-15-29-22(28)18-10-12-19(13-11-18)24-20(26)16-23-21(27)17-8-6-5-7-9-17;/h10-13,17H,3-9,14-16H2,1-2H3,(H,23,27)(H,24,26);1H. The number of benzene rings is 1. The van der Waals surface area contributed by atoms with Crippen molar-refractivity contribution in [3.05, 3.63) is 29.8 Å². The number of anilines is 1. The highest BCUT2D eigenvalue weighted by molar-refractivity contribution is 5.95. The number of rotatable bonds is 10. The lowest BCUT2D eigenvalue weighted by atomic mass is 9.89. The quantitative estimate of drug-likeness (QED) is 0.546. The first kappa shape index (κ1) is 25.9. The number of nitrogens with one attached hydrogen (secondary N) is 2. The molecule has 1 aliphatic carbocycles. The lowest BCUT2D eigenvalue weighted by Gasteiger charge is -2.20. The minimum atomic E-state index is -0.380. The fraction of sp³-hybridized carbons (Fsp3) is 0.591. The third-order valence-electron chi connectivity index (χ3n) is 5.34. The summed E-state index contributed by atoms with van der Waals surface area (Å²) in [5, 5.41) is 5.44. The van der Waals surface area contributed by atoms with E-state index >= 15 is 0 Å². The second kappa shape index (κ2) is 14.0. The Morgan fingerprint density at radius 1 is 1.03 bits per heavy atom. The summed E-state index contributed by atoms with van der Waals surface area (Å²) in [6.07, 6.45) is 5.15. The molecule has 1 aromatic carbocycles. The van der Waals surface area contributed by atoms with E-state index in [1.165, 1.54) is 6.42 Å². The Morgan fingerprint density at radius 2 is 1.67 bits per heavy atom. The van der Waals surface area contributed by atoms with E-state index in [4.69, 9.17) is 4.74 Å². The van der Waals surface area contributed by atoms with Crippen LogP contribution in [0.2, 0.25) is 0 Å². The molecule has 1 aliphatic rings.